The first-order valence-electron chi connectivity index (χ1n) is 8.77. The Labute approximate surface area is 169 Å². The quantitative estimate of drug-likeness (QED) is 0.462. The normalized spacial score (nSPS) is 10.5. The minimum atomic E-state index is 0.373. The van der Waals surface area contributed by atoms with Crippen LogP contribution in [0.4, 0.5) is 5.69 Å². The largest absolute Gasteiger partial charge is 0.490 e. The third-order valence-corrected chi connectivity index (χ3v) is 4.64. The summed E-state index contributed by atoms with van der Waals surface area (Å²) in [6, 6.07) is 21.2. The highest BCUT2D eigenvalue weighted by Gasteiger charge is 2.12. The van der Waals surface area contributed by atoms with Crippen LogP contribution >= 0.6 is 23.2 Å². The van der Waals surface area contributed by atoms with Crippen LogP contribution in [-0.2, 0) is 13.2 Å². The van der Waals surface area contributed by atoms with Crippen molar-refractivity contribution in [3.8, 4) is 11.5 Å². The molecule has 3 nitrogen and oxygen atoms in total. The summed E-state index contributed by atoms with van der Waals surface area (Å²) in [6.45, 7) is 3.49. The van der Waals surface area contributed by atoms with E-state index in [9.17, 15) is 0 Å². The number of rotatable bonds is 8. The summed E-state index contributed by atoms with van der Waals surface area (Å²) < 4.78 is 11.9. The molecule has 0 aliphatic rings. The molecule has 27 heavy (non-hydrogen) atoms. The van der Waals surface area contributed by atoms with Gasteiger partial charge in [0.15, 0.2) is 11.5 Å². The lowest BCUT2D eigenvalue weighted by Crippen LogP contribution is -2.06. The summed E-state index contributed by atoms with van der Waals surface area (Å²) in [5.41, 5.74) is 2.92. The van der Waals surface area contributed by atoms with E-state index in [-0.39, 0.29) is 0 Å². The van der Waals surface area contributed by atoms with Gasteiger partial charge < -0.3 is 14.8 Å². The number of hydrogen-bond donors (Lipinski definition) is 1. The molecule has 0 atom stereocenters. The van der Waals surface area contributed by atoms with Gasteiger partial charge >= 0.3 is 0 Å². The number of ether oxygens (including phenoxy) is 2. The van der Waals surface area contributed by atoms with Crippen molar-refractivity contribution in [3.63, 3.8) is 0 Å². The van der Waals surface area contributed by atoms with Crippen LogP contribution in [0, 0.1) is 0 Å². The number of benzene rings is 3. The Morgan fingerprint density at radius 3 is 2.30 bits per heavy atom. The van der Waals surface area contributed by atoms with Crippen molar-refractivity contribution in [2.75, 3.05) is 11.9 Å². The van der Waals surface area contributed by atoms with Crippen LogP contribution in [0.2, 0.25) is 10.0 Å². The summed E-state index contributed by atoms with van der Waals surface area (Å²) in [6.07, 6.45) is 0. The molecule has 0 saturated carbocycles. The molecule has 0 aliphatic heterocycles. The van der Waals surface area contributed by atoms with Gasteiger partial charge in [-0.3, -0.25) is 0 Å². The molecule has 0 bridgehead atoms. The maximum absolute atomic E-state index is 6.25. The van der Waals surface area contributed by atoms with Gasteiger partial charge in [-0.1, -0.05) is 53.5 Å². The molecule has 0 heterocycles. The Morgan fingerprint density at radius 2 is 1.56 bits per heavy atom. The third kappa shape index (κ3) is 5.31. The van der Waals surface area contributed by atoms with Crippen LogP contribution in [0.3, 0.4) is 0 Å². The van der Waals surface area contributed by atoms with Gasteiger partial charge in [0.1, 0.15) is 6.61 Å². The van der Waals surface area contributed by atoms with Gasteiger partial charge in [-0.25, -0.2) is 0 Å². The molecule has 140 valence electrons. The predicted molar refractivity (Wildman–Crippen MR) is 112 cm³/mol. The van der Waals surface area contributed by atoms with Crippen molar-refractivity contribution in [1.82, 2.24) is 0 Å². The summed E-state index contributed by atoms with van der Waals surface area (Å²) in [7, 11) is 0. The van der Waals surface area contributed by atoms with Gasteiger partial charge in [0.05, 0.1) is 6.61 Å². The first-order chi connectivity index (χ1) is 13.2. The lowest BCUT2D eigenvalue weighted by Gasteiger charge is -2.17. The summed E-state index contributed by atoms with van der Waals surface area (Å²) in [5, 5.41) is 4.79. The molecule has 0 aromatic heterocycles. The van der Waals surface area contributed by atoms with Crippen molar-refractivity contribution in [2.45, 2.75) is 20.1 Å². The van der Waals surface area contributed by atoms with Crippen LogP contribution < -0.4 is 14.8 Å². The lowest BCUT2D eigenvalue weighted by molar-refractivity contribution is 0.267. The molecule has 0 fully saturated rings. The molecule has 3 aromatic carbocycles. The Balaban J connectivity index is 1.79. The van der Waals surface area contributed by atoms with Crippen LogP contribution in [-0.4, -0.2) is 6.61 Å². The Kier molecular flexibility index (Phi) is 6.86. The minimum Gasteiger partial charge on any atom is -0.490 e. The molecule has 5 heteroatoms. The molecule has 0 radical (unpaired) electrons. The van der Waals surface area contributed by atoms with Gasteiger partial charge in [0.2, 0.25) is 0 Å². The van der Waals surface area contributed by atoms with E-state index >= 15 is 0 Å². The van der Waals surface area contributed by atoms with E-state index in [1.54, 1.807) is 0 Å². The zero-order valence-corrected chi connectivity index (χ0v) is 16.6. The molecule has 0 unspecified atom stereocenters. The van der Waals surface area contributed by atoms with E-state index in [2.05, 4.69) is 5.32 Å². The number of nitrogens with one attached hydrogen (secondary N) is 1. The first-order valence-corrected chi connectivity index (χ1v) is 9.53. The topological polar surface area (TPSA) is 30.5 Å². The zero-order chi connectivity index (χ0) is 19.1. The van der Waals surface area contributed by atoms with Crippen molar-refractivity contribution in [2.24, 2.45) is 0 Å². The standard InChI is InChI=1S/C22H21Cl2NO2/c1-2-26-21-9-5-7-16(14-25-19-12-10-18(23)11-13-19)22(21)27-15-17-6-3-4-8-20(17)24/h3-13,25H,2,14-15H2,1H3. The Morgan fingerprint density at radius 1 is 0.815 bits per heavy atom. The maximum Gasteiger partial charge on any atom is 0.166 e. The fourth-order valence-corrected chi connectivity index (χ4v) is 2.98. The fraction of sp³-hybridized carbons (Fsp3) is 0.182. The second-order valence-corrected chi connectivity index (χ2v) is 6.76. The molecule has 0 saturated heterocycles. The molecular weight excluding hydrogens is 381 g/mol. The molecule has 0 aliphatic carbocycles. The summed E-state index contributed by atoms with van der Waals surface area (Å²) in [5.74, 6) is 1.45. The highest BCUT2D eigenvalue weighted by molar-refractivity contribution is 6.31. The zero-order valence-electron chi connectivity index (χ0n) is 15.0. The number of hydrogen-bond acceptors (Lipinski definition) is 3. The van der Waals surface area contributed by atoms with Crippen molar-refractivity contribution in [1.29, 1.82) is 0 Å². The lowest BCUT2D eigenvalue weighted by atomic mass is 10.1. The van der Waals surface area contributed by atoms with E-state index < -0.39 is 0 Å². The first kappa shape index (κ1) is 19.4. The van der Waals surface area contributed by atoms with Crippen molar-refractivity contribution >= 4 is 28.9 Å². The van der Waals surface area contributed by atoms with Gasteiger partial charge in [-0.15, -0.1) is 0 Å². The predicted octanol–water partition coefficient (Wildman–Crippen LogP) is 6.58. The average Bonchev–Trinajstić information content (AvgIpc) is 2.68. The second kappa shape index (κ2) is 9.54. The molecule has 3 aromatic rings. The van der Waals surface area contributed by atoms with E-state index in [0.29, 0.717) is 29.8 Å². The molecule has 1 N–H and O–H groups in total. The number of halogens is 2. The molecular formula is C22H21Cl2NO2. The van der Waals surface area contributed by atoms with Crippen molar-refractivity contribution < 1.29 is 9.47 Å². The summed E-state index contributed by atoms with van der Waals surface area (Å²) in [4.78, 5) is 0. The van der Waals surface area contributed by atoms with Gasteiger partial charge in [-0.2, -0.15) is 0 Å². The third-order valence-electron chi connectivity index (χ3n) is 4.02. The summed E-state index contributed by atoms with van der Waals surface area (Å²) >= 11 is 12.2. The highest BCUT2D eigenvalue weighted by atomic mass is 35.5. The van der Waals surface area contributed by atoms with Crippen molar-refractivity contribution in [3.05, 3.63) is 87.9 Å². The Bertz CT molecular complexity index is 882. The number of anilines is 1. The fourth-order valence-electron chi connectivity index (χ4n) is 2.66. The monoisotopic (exact) mass is 401 g/mol. The van der Waals surface area contributed by atoms with E-state index in [1.807, 2.05) is 73.7 Å². The molecule has 3 rings (SSSR count). The SMILES string of the molecule is CCOc1cccc(CNc2ccc(Cl)cc2)c1OCc1ccccc1Cl. The average molecular weight is 402 g/mol. The maximum atomic E-state index is 6.25. The van der Waals surface area contributed by atoms with Gasteiger partial charge in [0, 0.05) is 33.4 Å². The van der Waals surface area contributed by atoms with Crippen LogP contribution in [0.5, 0.6) is 11.5 Å². The van der Waals surface area contributed by atoms with E-state index in [1.165, 1.54) is 0 Å². The smallest absolute Gasteiger partial charge is 0.166 e. The van der Waals surface area contributed by atoms with Gasteiger partial charge in [-0.05, 0) is 43.3 Å². The molecule has 0 amide bonds. The van der Waals surface area contributed by atoms with E-state index in [0.717, 1.165) is 28.3 Å². The van der Waals surface area contributed by atoms with E-state index in [4.69, 9.17) is 32.7 Å². The van der Waals surface area contributed by atoms with Crippen LogP contribution in [0.25, 0.3) is 0 Å². The number of para-hydroxylation sites is 1. The van der Waals surface area contributed by atoms with Crippen LogP contribution in [0.1, 0.15) is 18.1 Å². The van der Waals surface area contributed by atoms with Gasteiger partial charge in [0.25, 0.3) is 0 Å². The molecule has 0 spiro atoms. The second-order valence-electron chi connectivity index (χ2n) is 5.92. The highest BCUT2D eigenvalue weighted by Crippen LogP contribution is 2.33. The minimum absolute atomic E-state index is 0.373. The Hall–Kier alpha value is -2.36. The van der Waals surface area contributed by atoms with Crippen LogP contribution in [0.15, 0.2) is 66.7 Å².